The summed E-state index contributed by atoms with van der Waals surface area (Å²) in [6, 6.07) is 0.759. The van der Waals surface area contributed by atoms with Crippen molar-refractivity contribution in [3.05, 3.63) is 0 Å². The number of carbonyl (C=O) groups is 1. The second kappa shape index (κ2) is 7.10. The van der Waals surface area contributed by atoms with Crippen LogP contribution in [-0.2, 0) is 4.79 Å². The summed E-state index contributed by atoms with van der Waals surface area (Å²) in [5.74, 6) is -0.864. The van der Waals surface area contributed by atoms with Crippen LogP contribution in [0.4, 0.5) is 0 Å². The maximum Gasteiger partial charge on any atom is 0.323 e. The average Bonchev–Trinajstić information content (AvgIpc) is 3.17. The number of carboxylic acids is 1. The van der Waals surface area contributed by atoms with E-state index in [0.717, 1.165) is 25.6 Å². The molecule has 1 rings (SSSR count). The average molecular weight is 256 g/mol. The van der Waals surface area contributed by atoms with E-state index in [1.807, 2.05) is 6.92 Å². The number of aliphatic carboxylic acids is 1. The van der Waals surface area contributed by atoms with Gasteiger partial charge in [0.2, 0.25) is 0 Å². The van der Waals surface area contributed by atoms with E-state index in [9.17, 15) is 4.79 Å². The summed E-state index contributed by atoms with van der Waals surface area (Å²) in [6.45, 7) is 6.20. The molecule has 0 aromatic carbocycles. The van der Waals surface area contributed by atoms with E-state index in [-0.39, 0.29) is 0 Å². The van der Waals surface area contributed by atoms with Crippen molar-refractivity contribution >= 4 is 5.97 Å². The highest BCUT2D eigenvalue weighted by Crippen LogP contribution is 2.27. The zero-order valence-electron chi connectivity index (χ0n) is 11.8. The van der Waals surface area contributed by atoms with Gasteiger partial charge in [0, 0.05) is 6.04 Å². The van der Waals surface area contributed by atoms with Gasteiger partial charge in [0.15, 0.2) is 0 Å². The smallest absolute Gasteiger partial charge is 0.323 e. The van der Waals surface area contributed by atoms with Crippen LogP contribution in [0, 0.1) is 0 Å². The third-order valence-corrected chi connectivity index (χ3v) is 3.99. The molecule has 0 saturated heterocycles. The van der Waals surface area contributed by atoms with Gasteiger partial charge in [-0.1, -0.05) is 20.3 Å². The standard InChI is InChI=1S/C14H28N2O2/c1-3-5-10-16(12-7-8-12)11-6-9-14(15,4-2)13(17)18/h12H,3-11,15H2,1-2H3,(H,17,18). The summed E-state index contributed by atoms with van der Waals surface area (Å²) in [5, 5.41) is 9.12. The van der Waals surface area contributed by atoms with Crippen LogP contribution in [-0.4, -0.2) is 40.6 Å². The lowest BCUT2D eigenvalue weighted by atomic mass is 9.92. The number of hydrogen-bond acceptors (Lipinski definition) is 3. The molecule has 0 radical (unpaired) electrons. The maximum absolute atomic E-state index is 11.1. The SMILES string of the molecule is CCCCN(CCCC(N)(CC)C(=O)O)C1CC1. The van der Waals surface area contributed by atoms with Gasteiger partial charge in [0.1, 0.15) is 5.54 Å². The first kappa shape index (κ1) is 15.4. The van der Waals surface area contributed by atoms with Crippen LogP contribution in [0.25, 0.3) is 0 Å². The van der Waals surface area contributed by atoms with E-state index >= 15 is 0 Å². The van der Waals surface area contributed by atoms with Crippen LogP contribution in [0.5, 0.6) is 0 Å². The Morgan fingerprint density at radius 1 is 1.33 bits per heavy atom. The molecule has 0 aromatic heterocycles. The van der Waals surface area contributed by atoms with Crippen molar-refractivity contribution in [1.29, 1.82) is 0 Å². The van der Waals surface area contributed by atoms with Crippen LogP contribution in [0.15, 0.2) is 0 Å². The fraction of sp³-hybridized carbons (Fsp3) is 0.929. The minimum Gasteiger partial charge on any atom is -0.480 e. The number of nitrogens with two attached hydrogens (primary N) is 1. The lowest BCUT2D eigenvalue weighted by molar-refractivity contribution is -0.143. The topological polar surface area (TPSA) is 66.6 Å². The molecule has 1 fully saturated rings. The number of carboxylic acid groups (broad SMARTS) is 1. The predicted molar refractivity (Wildman–Crippen MR) is 73.6 cm³/mol. The van der Waals surface area contributed by atoms with Gasteiger partial charge < -0.3 is 15.7 Å². The fourth-order valence-electron chi connectivity index (χ4n) is 2.31. The third-order valence-electron chi connectivity index (χ3n) is 3.99. The molecule has 0 spiro atoms. The number of nitrogens with zero attached hydrogens (tertiary/aromatic N) is 1. The van der Waals surface area contributed by atoms with E-state index in [4.69, 9.17) is 10.8 Å². The Hall–Kier alpha value is -0.610. The van der Waals surface area contributed by atoms with Crippen molar-refractivity contribution < 1.29 is 9.90 Å². The molecule has 0 heterocycles. The van der Waals surface area contributed by atoms with Crippen LogP contribution in [0.2, 0.25) is 0 Å². The molecule has 106 valence electrons. The first-order chi connectivity index (χ1) is 8.53. The van der Waals surface area contributed by atoms with Gasteiger partial charge in [-0.3, -0.25) is 4.79 Å². The van der Waals surface area contributed by atoms with Crippen LogP contribution in [0.3, 0.4) is 0 Å². The Balaban J connectivity index is 2.31. The summed E-state index contributed by atoms with van der Waals surface area (Å²) in [4.78, 5) is 13.6. The molecule has 1 aliphatic carbocycles. The van der Waals surface area contributed by atoms with E-state index in [1.165, 1.54) is 25.7 Å². The Morgan fingerprint density at radius 3 is 2.39 bits per heavy atom. The minimum atomic E-state index is -1.03. The van der Waals surface area contributed by atoms with Crippen molar-refractivity contribution in [3.8, 4) is 0 Å². The molecule has 3 N–H and O–H groups in total. The Morgan fingerprint density at radius 2 is 1.94 bits per heavy atom. The molecule has 0 aromatic rings. The lowest BCUT2D eigenvalue weighted by Crippen LogP contribution is -2.47. The van der Waals surface area contributed by atoms with Gasteiger partial charge in [-0.05, 0) is 51.6 Å². The Kier molecular flexibility index (Phi) is 6.09. The first-order valence-electron chi connectivity index (χ1n) is 7.29. The molecular formula is C14H28N2O2. The molecule has 4 heteroatoms. The second-order valence-corrected chi connectivity index (χ2v) is 5.54. The normalized spacial score (nSPS) is 18.9. The van der Waals surface area contributed by atoms with Gasteiger partial charge in [-0.2, -0.15) is 0 Å². The van der Waals surface area contributed by atoms with Crippen LogP contribution in [0.1, 0.15) is 58.8 Å². The highest BCUT2D eigenvalue weighted by molar-refractivity contribution is 5.78. The minimum absolute atomic E-state index is 0.501. The van der Waals surface area contributed by atoms with Crippen LogP contribution >= 0.6 is 0 Å². The predicted octanol–water partition coefficient (Wildman–Crippen LogP) is 2.22. The van der Waals surface area contributed by atoms with E-state index in [1.54, 1.807) is 0 Å². The van der Waals surface area contributed by atoms with Crippen molar-refractivity contribution in [1.82, 2.24) is 4.90 Å². The summed E-state index contributed by atoms with van der Waals surface area (Å²) in [6.07, 6.45) is 7.03. The molecule has 1 saturated carbocycles. The lowest BCUT2D eigenvalue weighted by Gasteiger charge is -2.26. The molecule has 0 bridgehead atoms. The highest BCUT2D eigenvalue weighted by atomic mass is 16.4. The van der Waals surface area contributed by atoms with Crippen molar-refractivity contribution in [2.24, 2.45) is 5.73 Å². The summed E-state index contributed by atoms with van der Waals surface area (Å²) in [7, 11) is 0. The fourth-order valence-corrected chi connectivity index (χ4v) is 2.31. The summed E-state index contributed by atoms with van der Waals surface area (Å²) < 4.78 is 0. The van der Waals surface area contributed by atoms with E-state index < -0.39 is 11.5 Å². The Labute approximate surface area is 111 Å². The molecule has 0 amide bonds. The second-order valence-electron chi connectivity index (χ2n) is 5.54. The van der Waals surface area contributed by atoms with Gasteiger partial charge in [0.25, 0.3) is 0 Å². The van der Waals surface area contributed by atoms with Gasteiger partial charge in [0.05, 0.1) is 0 Å². The van der Waals surface area contributed by atoms with Gasteiger partial charge in [-0.15, -0.1) is 0 Å². The molecule has 0 aliphatic heterocycles. The summed E-state index contributed by atoms with van der Waals surface area (Å²) in [5.41, 5.74) is 4.87. The molecule has 18 heavy (non-hydrogen) atoms. The van der Waals surface area contributed by atoms with E-state index in [0.29, 0.717) is 12.8 Å². The maximum atomic E-state index is 11.1. The van der Waals surface area contributed by atoms with Crippen molar-refractivity contribution in [2.75, 3.05) is 13.1 Å². The largest absolute Gasteiger partial charge is 0.480 e. The zero-order valence-corrected chi connectivity index (χ0v) is 11.8. The quantitative estimate of drug-likeness (QED) is 0.629. The van der Waals surface area contributed by atoms with E-state index in [2.05, 4.69) is 11.8 Å². The monoisotopic (exact) mass is 256 g/mol. The molecule has 1 aliphatic rings. The van der Waals surface area contributed by atoms with Gasteiger partial charge in [-0.25, -0.2) is 0 Å². The zero-order chi connectivity index (χ0) is 13.6. The first-order valence-corrected chi connectivity index (χ1v) is 7.29. The number of rotatable bonds is 10. The van der Waals surface area contributed by atoms with Crippen molar-refractivity contribution in [2.45, 2.75) is 70.4 Å². The van der Waals surface area contributed by atoms with Crippen LogP contribution < -0.4 is 5.73 Å². The summed E-state index contributed by atoms with van der Waals surface area (Å²) >= 11 is 0. The molecule has 1 unspecified atom stereocenters. The number of hydrogen-bond donors (Lipinski definition) is 2. The number of unbranched alkanes of at least 4 members (excludes halogenated alkanes) is 1. The highest BCUT2D eigenvalue weighted by Gasteiger charge is 2.32. The van der Waals surface area contributed by atoms with Gasteiger partial charge >= 0.3 is 5.97 Å². The molecule has 4 nitrogen and oxygen atoms in total. The third kappa shape index (κ3) is 4.58. The molecular weight excluding hydrogens is 228 g/mol. The van der Waals surface area contributed by atoms with Crippen molar-refractivity contribution in [3.63, 3.8) is 0 Å². The Bertz CT molecular complexity index is 267. The molecule has 1 atom stereocenters.